The molecule has 7 rings (SSSR count). The Bertz CT molecular complexity index is 2080. The molecule has 0 spiro atoms. The van der Waals surface area contributed by atoms with Crippen LogP contribution in [0.2, 0.25) is 10.0 Å². The molecule has 4 aromatic carbocycles. The van der Waals surface area contributed by atoms with Crippen molar-refractivity contribution in [1.82, 2.24) is 20.0 Å². The normalized spacial score (nSPS) is 16.6. The molecule has 0 saturated carbocycles. The first-order valence-corrected chi connectivity index (χ1v) is 17.0. The van der Waals surface area contributed by atoms with Gasteiger partial charge in [0.25, 0.3) is 5.91 Å². The Hall–Kier alpha value is -4.84. The number of hydrogen-bond acceptors (Lipinski definition) is 6. The van der Waals surface area contributed by atoms with Crippen LogP contribution in [0, 0.1) is 0 Å². The minimum Gasteiger partial charge on any atom is -0.360 e. The van der Waals surface area contributed by atoms with Gasteiger partial charge in [-0.1, -0.05) is 71.7 Å². The van der Waals surface area contributed by atoms with Crippen LogP contribution in [0.5, 0.6) is 0 Å². The number of halogens is 2. The van der Waals surface area contributed by atoms with Gasteiger partial charge in [-0.3, -0.25) is 9.59 Å². The minimum absolute atomic E-state index is 0.0215. The van der Waals surface area contributed by atoms with Crippen molar-refractivity contribution < 1.29 is 18.0 Å². The number of carbonyl (C=O) groups is 2. The van der Waals surface area contributed by atoms with Gasteiger partial charge in [0.05, 0.1) is 35.1 Å². The van der Waals surface area contributed by atoms with Gasteiger partial charge in [0.1, 0.15) is 12.4 Å². The molecular weight excluding hydrogens is 659 g/mol. The molecule has 1 atom stereocenters. The standard InChI is InChI=1S/C34H28Cl2N6O4S/c35-25-9-14-28(29(36)17-25)30-18-38-34(39-30)33(24-7-12-27(13-8-24)42-20-32(44)40-47(42,45)46)23-3-1-21(2-4-23)22-5-10-26(11-6-22)41-16-15-37-31(43)19-41/h1-14,17-18,33H,15-16,19-20H2,(H,37,43)(H,38,39)(H,40,44). The molecule has 47 heavy (non-hydrogen) atoms. The average Bonchev–Trinajstić information content (AvgIpc) is 3.64. The smallest absolute Gasteiger partial charge is 0.326 e. The maximum Gasteiger partial charge on any atom is 0.326 e. The largest absolute Gasteiger partial charge is 0.360 e. The van der Waals surface area contributed by atoms with Crippen molar-refractivity contribution in [1.29, 1.82) is 0 Å². The molecule has 2 saturated heterocycles. The number of imidazole rings is 1. The van der Waals surface area contributed by atoms with E-state index in [9.17, 15) is 18.0 Å². The molecule has 3 heterocycles. The molecule has 0 bridgehead atoms. The fourth-order valence-corrected chi connectivity index (χ4v) is 7.60. The second-order valence-electron chi connectivity index (χ2n) is 11.3. The third kappa shape index (κ3) is 6.29. The van der Waals surface area contributed by atoms with Gasteiger partial charge in [-0.15, -0.1) is 0 Å². The summed E-state index contributed by atoms with van der Waals surface area (Å²) in [5.41, 5.74) is 6.72. The summed E-state index contributed by atoms with van der Waals surface area (Å²) >= 11 is 12.6. The Kier molecular flexibility index (Phi) is 8.13. The lowest BCUT2D eigenvalue weighted by atomic mass is 9.89. The quantitative estimate of drug-likeness (QED) is 0.212. The average molecular weight is 688 g/mol. The highest BCUT2D eigenvalue weighted by Gasteiger charge is 2.34. The van der Waals surface area contributed by atoms with Crippen LogP contribution in [0.1, 0.15) is 22.9 Å². The van der Waals surface area contributed by atoms with Crippen molar-refractivity contribution in [3.05, 3.63) is 124 Å². The number of nitrogens with zero attached hydrogens (tertiary/aromatic N) is 3. The number of H-pyrrole nitrogens is 1. The molecule has 1 unspecified atom stereocenters. The van der Waals surface area contributed by atoms with Gasteiger partial charge in [-0.05, 0) is 64.7 Å². The highest BCUT2D eigenvalue weighted by Crippen LogP contribution is 2.36. The summed E-state index contributed by atoms with van der Waals surface area (Å²) in [5, 5.41) is 3.87. The van der Waals surface area contributed by atoms with Crippen molar-refractivity contribution in [2.24, 2.45) is 0 Å². The lowest BCUT2D eigenvalue weighted by Gasteiger charge is -2.28. The zero-order chi connectivity index (χ0) is 32.7. The zero-order valence-electron chi connectivity index (χ0n) is 24.8. The third-order valence-corrected chi connectivity index (χ3v) is 10.2. The first-order valence-electron chi connectivity index (χ1n) is 14.8. The van der Waals surface area contributed by atoms with Gasteiger partial charge in [0, 0.05) is 29.4 Å². The molecular formula is C34H28Cl2N6O4S. The van der Waals surface area contributed by atoms with Gasteiger partial charge in [0.2, 0.25) is 5.91 Å². The number of aromatic amines is 1. The van der Waals surface area contributed by atoms with Crippen LogP contribution in [0.4, 0.5) is 11.4 Å². The molecule has 2 aliphatic heterocycles. The van der Waals surface area contributed by atoms with Gasteiger partial charge < -0.3 is 15.2 Å². The zero-order valence-corrected chi connectivity index (χ0v) is 27.1. The van der Waals surface area contributed by atoms with Crippen LogP contribution in [0.25, 0.3) is 22.4 Å². The number of aromatic nitrogens is 2. The number of rotatable bonds is 7. The third-order valence-electron chi connectivity index (χ3n) is 8.27. The Labute approximate surface area is 281 Å². The highest BCUT2D eigenvalue weighted by molar-refractivity contribution is 7.92. The van der Waals surface area contributed by atoms with Gasteiger partial charge in [0.15, 0.2) is 0 Å². The van der Waals surface area contributed by atoms with Crippen molar-refractivity contribution in [3.8, 4) is 22.4 Å². The van der Waals surface area contributed by atoms with Crippen molar-refractivity contribution in [2.45, 2.75) is 5.92 Å². The van der Waals surface area contributed by atoms with E-state index in [2.05, 4.69) is 15.2 Å². The lowest BCUT2D eigenvalue weighted by molar-refractivity contribution is -0.120. The number of anilines is 2. The van der Waals surface area contributed by atoms with E-state index < -0.39 is 16.1 Å². The van der Waals surface area contributed by atoms with Crippen molar-refractivity contribution in [2.75, 3.05) is 35.4 Å². The Morgan fingerprint density at radius 3 is 2.02 bits per heavy atom. The molecule has 10 nitrogen and oxygen atoms in total. The van der Waals surface area contributed by atoms with Gasteiger partial charge in [-0.2, -0.15) is 8.42 Å². The molecule has 2 aliphatic rings. The summed E-state index contributed by atoms with van der Waals surface area (Å²) in [4.78, 5) is 33.9. The molecule has 0 radical (unpaired) electrons. The summed E-state index contributed by atoms with van der Waals surface area (Å²) in [7, 11) is -3.93. The van der Waals surface area contributed by atoms with E-state index in [1.165, 1.54) is 0 Å². The predicted octanol–water partition coefficient (Wildman–Crippen LogP) is 5.35. The summed E-state index contributed by atoms with van der Waals surface area (Å²) < 4.78 is 27.9. The van der Waals surface area contributed by atoms with E-state index in [4.69, 9.17) is 28.2 Å². The SMILES string of the molecule is O=C1CN(c2ccc(-c3ccc(C(c4ccc(N5CC(=O)NS5(=O)=O)cc4)c4ncc(-c5ccc(Cl)cc5Cl)[nH]4)cc3)cc2)CCN1. The van der Waals surface area contributed by atoms with E-state index >= 15 is 0 Å². The summed E-state index contributed by atoms with van der Waals surface area (Å²) in [6.07, 6.45) is 1.72. The van der Waals surface area contributed by atoms with Crippen molar-refractivity contribution in [3.63, 3.8) is 0 Å². The summed E-state index contributed by atoms with van der Waals surface area (Å²) in [5.74, 6) is -0.245. The number of benzene rings is 4. The number of nitrogens with one attached hydrogen (secondary N) is 3. The topological polar surface area (TPSA) is 128 Å². The molecule has 1 aromatic heterocycles. The summed E-state index contributed by atoms with van der Waals surface area (Å²) in [6.45, 7) is 1.47. The van der Waals surface area contributed by atoms with Gasteiger partial charge in [-0.25, -0.2) is 14.0 Å². The maximum atomic E-state index is 12.4. The minimum atomic E-state index is -3.93. The van der Waals surface area contributed by atoms with Crippen LogP contribution in [0.15, 0.2) is 97.2 Å². The highest BCUT2D eigenvalue weighted by atomic mass is 35.5. The number of piperazine rings is 1. The van der Waals surface area contributed by atoms with Crippen molar-refractivity contribution >= 4 is 56.6 Å². The molecule has 5 aromatic rings. The van der Waals surface area contributed by atoms with Crippen LogP contribution in [0.3, 0.4) is 0 Å². The Morgan fingerprint density at radius 1 is 0.766 bits per heavy atom. The summed E-state index contributed by atoms with van der Waals surface area (Å²) in [6, 6.07) is 28.7. The molecule has 2 fully saturated rings. The fraction of sp³-hybridized carbons (Fsp3) is 0.147. The van der Waals surface area contributed by atoms with E-state index in [-0.39, 0.29) is 18.4 Å². The van der Waals surface area contributed by atoms with E-state index in [0.29, 0.717) is 34.6 Å². The maximum absolute atomic E-state index is 12.4. The predicted molar refractivity (Wildman–Crippen MR) is 183 cm³/mol. The van der Waals surface area contributed by atoms with Gasteiger partial charge >= 0.3 is 10.2 Å². The molecule has 238 valence electrons. The lowest BCUT2D eigenvalue weighted by Crippen LogP contribution is -2.47. The Morgan fingerprint density at radius 2 is 1.40 bits per heavy atom. The second kappa shape index (κ2) is 12.4. The van der Waals surface area contributed by atoms with E-state index in [1.807, 2.05) is 71.5 Å². The Balaban J connectivity index is 1.21. The second-order valence-corrected chi connectivity index (χ2v) is 13.7. The van der Waals surface area contributed by atoms with Crippen LogP contribution >= 0.6 is 23.2 Å². The first-order chi connectivity index (χ1) is 22.6. The molecule has 2 amide bonds. The fourth-order valence-electron chi connectivity index (χ4n) is 5.94. The first kappa shape index (κ1) is 30.8. The number of carbonyl (C=O) groups excluding carboxylic acids is 2. The monoisotopic (exact) mass is 686 g/mol. The van der Waals surface area contributed by atoms with Crippen LogP contribution in [-0.2, 0) is 19.8 Å². The molecule has 13 heteroatoms. The number of hydrogen-bond donors (Lipinski definition) is 3. The molecule has 0 aliphatic carbocycles. The van der Waals surface area contributed by atoms with E-state index in [1.54, 1.807) is 30.5 Å². The molecule has 3 N–H and O–H groups in total. The van der Waals surface area contributed by atoms with Crippen LogP contribution in [-0.4, -0.2) is 56.4 Å². The van der Waals surface area contributed by atoms with E-state index in [0.717, 1.165) is 50.0 Å². The van der Waals surface area contributed by atoms with Crippen LogP contribution < -0.4 is 19.2 Å². The number of amides is 2.